The van der Waals surface area contributed by atoms with Gasteiger partial charge in [0.25, 0.3) is 5.56 Å². The molecule has 2 aromatic heterocycles. The van der Waals surface area contributed by atoms with Gasteiger partial charge in [0.2, 0.25) is 0 Å². The first-order valence-corrected chi connectivity index (χ1v) is 4.00. The zero-order valence-corrected chi connectivity index (χ0v) is 7.70. The van der Waals surface area contributed by atoms with Gasteiger partial charge in [-0.25, -0.2) is 0 Å². The van der Waals surface area contributed by atoms with Crippen molar-refractivity contribution in [3.8, 4) is 6.07 Å². The van der Waals surface area contributed by atoms with Crippen molar-refractivity contribution in [2.75, 3.05) is 0 Å². The second-order valence-corrected chi connectivity index (χ2v) is 2.95. The molecule has 0 saturated heterocycles. The number of hydrogen-bond acceptors (Lipinski definition) is 4. The van der Waals surface area contributed by atoms with Crippen LogP contribution in [0.4, 0.5) is 0 Å². The van der Waals surface area contributed by atoms with Crippen LogP contribution in [0.15, 0.2) is 4.79 Å². The molecule has 0 saturated carbocycles. The summed E-state index contributed by atoms with van der Waals surface area (Å²) in [7, 11) is 0. The Balaban J connectivity index is 3.05. The van der Waals surface area contributed by atoms with Gasteiger partial charge < -0.3 is 4.98 Å². The van der Waals surface area contributed by atoms with Crippen molar-refractivity contribution in [1.82, 2.24) is 19.8 Å². The third-order valence-electron chi connectivity index (χ3n) is 1.91. The molecule has 1 N–H and O–H groups in total. The molecule has 6 heteroatoms. The van der Waals surface area contributed by atoms with Crippen LogP contribution in [0.5, 0.6) is 0 Å². The van der Waals surface area contributed by atoms with Gasteiger partial charge in [-0.15, -0.1) is 9.73 Å². The van der Waals surface area contributed by atoms with E-state index in [9.17, 15) is 4.79 Å². The molecule has 2 heterocycles. The lowest BCUT2D eigenvalue weighted by Crippen LogP contribution is -2.15. The molecular weight excluding hydrogens is 182 g/mol. The number of nitriles is 1. The Hall–Kier alpha value is -2.16. The molecule has 0 atom stereocenters. The molecule has 0 aliphatic rings. The van der Waals surface area contributed by atoms with Gasteiger partial charge >= 0.3 is 0 Å². The van der Waals surface area contributed by atoms with E-state index in [1.54, 1.807) is 13.8 Å². The first-order valence-electron chi connectivity index (χ1n) is 4.00. The molecular formula is C8H7N5O. The van der Waals surface area contributed by atoms with E-state index < -0.39 is 0 Å². The first kappa shape index (κ1) is 8.44. The summed E-state index contributed by atoms with van der Waals surface area (Å²) in [6.07, 6.45) is 0. The van der Waals surface area contributed by atoms with Crippen LogP contribution < -0.4 is 5.56 Å². The molecule has 0 amide bonds. The highest BCUT2D eigenvalue weighted by Gasteiger charge is 2.13. The smallest absolute Gasteiger partial charge is 0.278 e. The van der Waals surface area contributed by atoms with Crippen LogP contribution in [0.3, 0.4) is 0 Å². The molecule has 0 bridgehead atoms. The average molecular weight is 189 g/mol. The van der Waals surface area contributed by atoms with E-state index >= 15 is 0 Å². The lowest BCUT2D eigenvalue weighted by Gasteiger charge is -1.92. The number of H-pyrrole nitrogens is 1. The van der Waals surface area contributed by atoms with E-state index in [2.05, 4.69) is 15.2 Å². The second kappa shape index (κ2) is 2.67. The van der Waals surface area contributed by atoms with Crippen LogP contribution in [-0.2, 0) is 0 Å². The summed E-state index contributed by atoms with van der Waals surface area (Å²) < 4.78 is 1.20. The number of hydrogen-bond donors (Lipinski definition) is 1. The first-order chi connectivity index (χ1) is 6.63. The van der Waals surface area contributed by atoms with Crippen LogP contribution in [0.2, 0.25) is 0 Å². The summed E-state index contributed by atoms with van der Waals surface area (Å²) in [5.74, 6) is 0.467. The number of fused-ring (bicyclic) bond motifs is 1. The quantitative estimate of drug-likeness (QED) is 0.627. The lowest BCUT2D eigenvalue weighted by molar-refractivity contribution is 0.739. The number of nitrogens with one attached hydrogen (secondary N) is 1. The molecule has 14 heavy (non-hydrogen) atoms. The predicted molar refractivity (Wildman–Crippen MR) is 47.8 cm³/mol. The van der Waals surface area contributed by atoms with Gasteiger partial charge in [-0.1, -0.05) is 0 Å². The number of rotatable bonds is 0. The molecule has 2 aromatic rings. The van der Waals surface area contributed by atoms with Gasteiger partial charge in [-0.3, -0.25) is 4.79 Å². The summed E-state index contributed by atoms with van der Waals surface area (Å²) in [6, 6.07) is 1.94. The van der Waals surface area contributed by atoms with Gasteiger partial charge in [-0.05, 0) is 13.8 Å². The maximum Gasteiger partial charge on any atom is 0.278 e. The standard InChI is InChI=1S/C8H7N5O/c1-4-6(3-9)7-8(14)10-5(2)12-13(7)11-4/h1-2H3,(H,10,12,14). The minimum Gasteiger partial charge on any atom is -0.307 e. The molecule has 6 nitrogen and oxygen atoms in total. The van der Waals surface area contributed by atoms with Crippen LogP contribution in [0.25, 0.3) is 5.52 Å². The van der Waals surface area contributed by atoms with E-state index in [0.717, 1.165) is 0 Å². The van der Waals surface area contributed by atoms with Crippen LogP contribution in [0.1, 0.15) is 17.1 Å². The van der Waals surface area contributed by atoms with Gasteiger partial charge in [0.1, 0.15) is 17.5 Å². The van der Waals surface area contributed by atoms with Crippen LogP contribution in [-0.4, -0.2) is 19.8 Å². The number of nitrogens with zero attached hydrogens (tertiary/aromatic N) is 4. The SMILES string of the molecule is Cc1nn2nc(C)c(C#N)c2c(=O)[nH]1. The van der Waals surface area contributed by atoms with Gasteiger partial charge in [0, 0.05) is 0 Å². The predicted octanol–water partition coefficient (Wildman–Crippen LogP) is -0.0939. The van der Waals surface area contributed by atoms with Gasteiger partial charge in [-0.2, -0.15) is 10.4 Å². The Kier molecular flexibility index (Phi) is 1.61. The minimum absolute atomic E-state index is 0.204. The lowest BCUT2D eigenvalue weighted by atomic mass is 10.2. The van der Waals surface area contributed by atoms with Crippen molar-refractivity contribution < 1.29 is 0 Å². The third-order valence-corrected chi connectivity index (χ3v) is 1.91. The van der Waals surface area contributed by atoms with E-state index in [1.807, 2.05) is 6.07 Å². The fraction of sp³-hybridized carbons (Fsp3) is 0.250. The third kappa shape index (κ3) is 0.992. The molecule has 0 aliphatic carbocycles. The van der Waals surface area contributed by atoms with E-state index in [-0.39, 0.29) is 16.6 Å². The number of aryl methyl sites for hydroxylation is 2. The zero-order valence-electron chi connectivity index (χ0n) is 7.70. The Morgan fingerprint density at radius 3 is 2.79 bits per heavy atom. The maximum absolute atomic E-state index is 11.5. The largest absolute Gasteiger partial charge is 0.307 e. The second-order valence-electron chi connectivity index (χ2n) is 2.95. The summed E-state index contributed by atoms with van der Waals surface area (Å²) in [4.78, 5) is 14.0. The summed E-state index contributed by atoms with van der Waals surface area (Å²) in [5, 5.41) is 16.7. The van der Waals surface area contributed by atoms with E-state index in [1.165, 1.54) is 4.63 Å². The number of aromatic nitrogens is 4. The van der Waals surface area contributed by atoms with Gasteiger partial charge in [0.05, 0.1) is 5.69 Å². The van der Waals surface area contributed by atoms with Crippen molar-refractivity contribution >= 4 is 5.52 Å². The van der Waals surface area contributed by atoms with E-state index in [4.69, 9.17) is 5.26 Å². The van der Waals surface area contributed by atoms with Crippen molar-refractivity contribution in [2.45, 2.75) is 13.8 Å². The molecule has 0 aliphatic heterocycles. The van der Waals surface area contributed by atoms with Crippen molar-refractivity contribution in [2.24, 2.45) is 0 Å². The Bertz CT molecular complexity index is 600. The molecule has 2 rings (SSSR count). The van der Waals surface area contributed by atoms with E-state index in [0.29, 0.717) is 11.5 Å². The number of aromatic amines is 1. The fourth-order valence-corrected chi connectivity index (χ4v) is 1.31. The fourth-order valence-electron chi connectivity index (χ4n) is 1.31. The molecule has 0 aromatic carbocycles. The Morgan fingerprint density at radius 1 is 1.43 bits per heavy atom. The van der Waals surface area contributed by atoms with Crippen LogP contribution >= 0.6 is 0 Å². The Morgan fingerprint density at radius 2 is 2.14 bits per heavy atom. The normalized spacial score (nSPS) is 10.4. The highest BCUT2D eigenvalue weighted by atomic mass is 16.1. The monoisotopic (exact) mass is 189 g/mol. The average Bonchev–Trinajstić information content (AvgIpc) is 2.40. The maximum atomic E-state index is 11.5. The highest BCUT2D eigenvalue weighted by molar-refractivity contribution is 5.60. The molecule has 0 fully saturated rings. The van der Waals surface area contributed by atoms with Crippen molar-refractivity contribution in [3.63, 3.8) is 0 Å². The zero-order chi connectivity index (χ0) is 10.3. The summed E-state index contributed by atoms with van der Waals surface area (Å²) in [6.45, 7) is 3.33. The van der Waals surface area contributed by atoms with Gasteiger partial charge in [0.15, 0.2) is 5.52 Å². The van der Waals surface area contributed by atoms with Crippen molar-refractivity contribution in [3.05, 3.63) is 27.4 Å². The minimum atomic E-state index is -0.338. The van der Waals surface area contributed by atoms with Crippen LogP contribution in [0, 0.1) is 25.2 Å². The summed E-state index contributed by atoms with van der Waals surface area (Å²) >= 11 is 0. The molecule has 0 unspecified atom stereocenters. The molecule has 0 spiro atoms. The molecule has 70 valence electrons. The Labute approximate surface area is 78.8 Å². The highest BCUT2D eigenvalue weighted by Crippen LogP contribution is 2.07. The topological polar surface area (TPSA) is 86.8 Å². The molecule has 0 radical (unpaired) electrons. The van der Waals surface area contributed by atoms with Crippen molar-refractivity contribution in [1.29, 1.82) is 5.26 Å². The summed E-state index contributed by atoms with van der Waals surface area (Å²) in [5.41, 5.74) is 0.653.